The second-order valence-corrected chi connectivity index (χ2v) is 7.02. The normalized spacial score (nSPS) is 22.8. The molecule has 1 aromatic carbocycles. The number of benzene rings is 1. The van der Waals surface area contributed by atoms with Gasteiger partial charge in [0.15, 0.2) is 0 Å². The van der Waals surface area contributed by atoms with Gasteiger partial charge < -0.3 is 10.2 Å². The van der Waals surface area contributed by atoms with Gasteiger partial charge in [-0.1, -0.05) is 11.6 Å². The Morgan fingerprint density at radius 1 is 1.26 bits per heavy atom. The highest BCUT2D eigenvalue weighted by atomic mass is 35.5. The highest BCUT2D eigenvalue weighted by molar-refractivity contribution is 6.32. The van der Waals surface area contributed by atoms with Crippen LogP contribution in [-0.2, 0) is 0 Å². The van der Waals surface area contributed by atoms with E-state index in [1.165, 1.54) is 0 Å². The number of aromatic amines is 1. The molecule has 1 amide bonds. The third kappa shape index (κ3) is 2.72. The Morgan fingerprint density at radius 2 is 2.09 bits per heavy atom. The first-order chi connectivity index (χ1) is 11.2. The van der Waals surface area contributed by atoms with Crippen LogP contribution in [0.25, 0.3) is 10.9 Å². The molecule has 0 aliphatic carbocycles. The number of piperidine rings is 1. The number of hydrogen-bond acceptors (Lipinski definition) is 3. The largest absolute Gasteiger partial charge is 0.335 e. The zero-order valence-electron chi connectivity index (χ0n) is 13.0. The lowest BCUT2D eigenvalue weighted by molar-refractivity contribution is 0.0668. The van der Waals surface area contributed by atoms with E-state index >= 15 is 0 Å². The summed E-state index contributed by atoms with van der Waals surface area (Å²) in [4.78, 5) is 15.3. The van der Waals surface area contributed by atoms with Crippen molar-refractivity contribution in [2.75, 3.05) is 19.6 Å². The number of nitrogens with zero attached hydrogens (tertiary/aromatic N) is 2. The van der Waals surface area contributed by atoms with Crippen LogP contribution in [0.5, 0.6) is 0 Å². The second kappa shape index (κ2) is 6.13. The molecule has 2 fully saturated rings. The quantitative estimate of drug-likeness (QED) is 0.889. The summed E-state index contributed by atoms with van der Waals surface area (Å²) in [5.74, 6) is 0.710. The van der Waals surface area contributed by atoms with Crippen LogP contribution in [0.2, 0.25) is 5.02 Å². The molecule has 2 aliphatic heterocycles. The van der Waals surface area contributed by atoms with Crippen molar-refractivity contribution in [3.8, 4) is 0 Å². The number of fused-ring (bicyclic) bond motifs is 1. The molecule has 2 saturated heterocycles. The molecule has 3 heterocycles. The molecule has 1 atom stereocenters. The molecule has 0 unspecified atom stereocenters. The smallest absolute Gasteiger partial charge is 0.254 e. The van der Waals surface area contributed by atoms with E-state index in [-0.39, 0.29) is 5.91 Å². The molecule has 1 aromatic heterocycles. The third-order valence-electron chi connectivity index (χ3n) is 5.24. The predicted molar refractivity (Wildman–Crippen MR) is 90.8 cm³/mol. The maximum Gasteiger partial charge on any atom is 0.254 e. The van der Waals surface area contributed by atoms with Gasteiger partial charge in [-0.05, 0) is 56.8 Å². The number of nitrogens with one attached hydrogen (secondary N) is 2. The third-order valence-corrected chi connectivity index (χ3v) is 5.46. The number of carbonyl (C=O) groups is 1. The van der Waals surface area contributed by atoms with E-state index in [0.717, 1.165) is 56.2 Å². The van der Waals surface area contributed by atoms with Crippen molar-refractivity contribution in [2.24, 2.45) is 5.92 Å². The molecule has 2 N–H and O–H groups in total. The van der Waals surface area contributed by atoms with Gasteiger partial charge in [-0.15, -0.1) is 0 Å². The Morgan fingerprint density at radius 3 is 2.91 bits per heavy atom. The molecule has 0 saturated carbocycles. The minimum Gasteiger partial charge on any atom is -0.335 e. The van der Waals surface area contributed by atoms with Gasteiger partial charge in [0.1, 0.15) is 0 Å². The molecule has 2 aliphatic rings. The predicted octanol–water partition coefficient (Wildman–Crippen LogP) is 2.82. The van der Waals surface area contributed by atoms with E-state index < -0.39 is 0 Å². The summed E-state index contributed by atoms with van der Waals surface area (Å²) in [5.41, 5.74) is 1.49. The molecular weight excluding hydrogens is 312 g/mol. The topological polar surface area (TPSA) is 61.0 Å². The molecule has 0 bridgehead atoms. The van der Waals surface area contributed by atoms with Crippen molar-refractivity contribution in [1.82, 2.24) is 20.4 Å². The number of likely N-dealkylation sites (tertiary alicyclic amines) is 1. The molecular formula is C17H21ClN4O. The van der Waals surface area contributed by atoms with Crippen LogP contribution >= 0.6 is 11.6 Å². The fraction of sp³-hybridized carbons (Fsp3) is 0.529. The van der Waals surface area contributed by atoms with Crippen LogP contribution in [0.1, 0.15) is 36.0 Å². The summed E-state index contributed by atoms with van der Waals surface area (Å²) >= 11 is 6.19. The average Bonchev–Trinajstić information content (AvgIpc) is 3.23. The zero-order valence-corrected chi connectivity index (χ0v) is 13.8. The molecule has 122 valence electrons. The lowest BCUT2D eigenvalue weighted by Crippen LogP contribution is -2.43. The van der Waals surface area contributed by atoms with E-state index in [2.05, 4.69) is 20.4 Å². The van der Waals surface area contributed by atoms with Crippen molar-refractivity contribution >= 4 is 28.4 Å². The van der Waals surface area contributed by atoms with Gasteiger partial charge in [0, 0.05) is 23.0 Å². The lowest BCUT2D eigenvalue weighted by atomic mass is 9.88. The summed E-state index contributed by atoms with van der Waals surface area (Å²) in [5, 5.41) is 11.8. The van der Waals surface area contributed by atoms with Crippen LogP contribution in [0.4, 0.5) is 0 Å². The SMILES string of the molecule is O=C(c1cc(Cl)cc2[nH]ncc12)N1CCC[C@H]1C1CCNCC1. The van der Waals surface area contributed by atoms with Gasteiger partial charge in [-0.25, -0.2) is 0 Å². The first kappa shape index (κ1) is 15.0. The van der Waals surface area contributed by atoms with Crippen LogP contribution < -0.4 is 5.32 Å². The first-order valence-electron chi connectivity index (χ1n) is 8.38. The summed E-state index contributed by atoms with van der Waals surface area (Å²) in [6.45, 7) is 2.97. The first-order valence-corrected chi connectivity index (χ1v) is 8.76. The van der Waals surface area contributed by atoms with Crippen LogP contribution in [0, 0.1) is 5.92 Å². The summed E-state index contributed by atoms with van der Waals surface area (Å²) in [7, 11) is 0. The van der Waals surface area contributed by atoms with Crippen molar-refractivity contribution in [1.29, 1.82) is 0 Å². The fourth-order valence-electron chi connectivity index (χ4n) is 4.11. The van der Waals surface area contributed by atoms with Crippen LogP contribution in [0.3, 0.4) is 0 Å². The highest BCUT2D eigenvalue weighted by Crippen LogP contribution is 2.32. The minimum atomic E-state index is 0.0972. The van der Waals surface area contributed by atoms with Crippen molar-refractivity contribution < 1.29 is 4.79 Å². The number of halogens is 1. The monoisotopic (exact) mass is 332 g/mol. The molecule has 23 heavy (non-hydrogen) atoms. The molecule has 2 aromatic rings. The lowest BCUT2D eigenvalue weighted by Gasteiger charge is -2.34. The molecule has 6 heteroatoms. The standard InChI is InChI=1S/C17H21ClN4O/c18-12-8-13(14-10-20-21-15(14)9-12)17(23)22-7-1-2-16(22)11-3-5-19-6-4-11/h8-11,16,19H,1-7H2,(H,20,21)/t16-/m0/s1. The van der Waals surface area contributed by atoms with E-state index in [9.17, 15) is 4.79 Å². The number of carbonyl (C=O) groups excluding carboxylic acids is 1. The number of hydrogen-bond donors (Lipinski definition) is 2. The second-order valence-electron chi connectivity index (χ2n) is 6.58. The number of aromatic nitrogens is 2. The maximum absolute atomic E-state index is 13.2. The average molecular weight is 333 g/mol. The molecule has 4 rings (SSSR count). The van der Waals surface area contributed by atoms with E-state index in [1.807, 2.05) is 6.07 Å². The Labute approximate surface area is 140 Å². The Balaban J connectivity index is 1.65. The van der Waals surface area contributed by atoms with Crippen molar-refractivity contribution in [3.05, 3.63) is 28.9 Å². The van der Waals surface area contributed by atoms with Crippen LogP contribution in [-0.4, -0.2) is 46.7 Å². The van der Waals surface area contributed by atoms with Crippen LogP contribution in [0.15, 0.2) is 18.3 Å². The Kier molecular flexibility index (Phi) is 3.99. The van der Waals surface area contributed by atoms with E-state index in [1.54, 1.807) is 12.3 Å². The Bertz CT molecular complexity index is 722. The fourth-order valence-corrected chi connectivity index (χ4v) is 4.33. The highest BCUT2D eigenvalue weighted by Gasteiger charge is 2.36. The molecule has 0 radical (unpaired) electrons. The van der Waals surface area contributed by atoms with Gasteiger partial charge in [-0.2, -0.15) is 5.10 Å². The van der Waals surface area contributed by atoms with E-state index in [4.69, 9.17) is 11.6 Å². The number of amides is 1. The van der Waals surface area contributed by atoms with Gasteiger partial charge in [0.05, 0.1) is 17.3 Å². The van der Waals surface area contributed by atoms with Crippen molar-refractivity contribution in [3.63, 3.8) is 0 Å². The summed E-state index contributed by atoms with van der Waals surface area (Å²) in [6, 6.07) is 3.96. The van der Waals surface area contributed by atoms with Gasteiger partial charge in [0.2, 0.25) is 0 Å². The van der Waals surface area contributed by atoms with E-state index in [0.29, 0.717) is 22.5 Å². The molecule has 0 spiro atoms. The zero-order chi connectivity index (χ0) is 15.8. The summed E-state index contributed by atoms with van der Waals surface area (Å²) < 4.78 is 0. The van der Waals surface area contributed by atoms with Gasteiger partial charge in [0.25, 0.3) is 5.91 Å². The van der Waals surface area contributed by atoms with Gasteiger partial charge in [-0.3, -0.25) is 9.89 Å². The Hall–Kier alpha value is -1.59. The number of rotatable bonds is 2. The van der Waals surface area contributed by atoms with Crippen molar-refractivity contribution in [2.45, 2.75) is 31.7 Å². The summed E-state index contributed by atoms with van der Waals surface area (Å²) in [6.07, 6.45) is 6.24. The number of H-pyrrole nitrogens is 1. The maximum atomic E-state index is 13.2. The van der Waals surface area contributed by atoms with Gasteiger partial charge >= 0.3 is 0 Å². The molecule has 5 nitrogen and oxygen atoms in total. The minimum absolute atomic E-state index is 0.0972.